The van der Waals surface area contributed by atoms with E-state index in [1.54, 1.807) is 12.4 Å². The Morgan fingerprint density at radius 2 is 1.88 bits per heavy atom. The minimum atomic E-state index is 0.546. The zero-order valence-electron chi connectivity index (χ0n) is 13.2. The first-order valence-corrected chi connectivity index (χ1v) is 8.52. The van der Waals surface area contributed by atoms with E-state index in [2.05, 4.69) is 50.7 Å². The second kappa shape index (κ2) is 6.53. The third-order valence-corrected chi connectivity index (χ3v) is 4.94. The summed E-state index contributed by atoms with van der Waals surface area (Å²) in [6.07, 6.45) is 4.68. The normalized spacial score (nSPS) is 17.2. The first-order valence-electron chi connectivity index (χ1n) is 8.11. The van der Waals surface area contributed by atoms with Gasteiger partial charge in [-0.3, -0.25) is 0 Å². The molecule has 4 rings (SSSR count). The molecule has 4 nitrogen and oxygen atoms in total. The van der Waals surface area contributed by atoms with E-state index in [1.807, 2.05) is 18.2 Å². The second-order valence-electron chi connectivity index (χ2n) is 6.07. The van der Waals surface area contributed by atoms with Crippen molar-refractivity contribution in [2.45, 2.75) is 12.3 Å². The Morgan fingerprint density at radius 3 is 2.75 bits per heavy atom. The molecule has 120 valence electrons. The number of likely N-dealkylation sites (tertiary alicyclic amines) is 1. The summed E-state index contributed by atoms with van der Waals surface area (Å²) in [6.45, 7) is 1.94. The van der Waals surface area contributed by atoms with Crippen LogP contribution in [-0.4, -0.2) is 33.3 Å². The summed E-state index contributed by atoms with van der Waals surface area (Å²) in [6, 6.07) is 16.7. The Kier molecular flexibility index (Phi) is 4.09. The van der Waals surface area contributed by atoms with Gasteiger partial charge >= 0.3 is 0 Å². The molecular weight excluding hydrogens is 316 g/mol. The van der Waals surface area contributed by atoms with Crippen molar-refractivity contribution in [2.75, 3.05) is 18.4 Å². The first-order chi connectivity index (χ1) is 11.8. The topological polar surface area (TPSA) is 41.1 Å². The van der Waals surface area contributed by atoms with Gasteiger partial charge in [-0.15, -0.1) is 0 Å². The first kappa shape index (κ1) is 15.0. The number of hydrogen-bond acceptors (Lipinski definition) is 3. The highest BCUT2D eigenvalue weighted by Crippen LogP contribution is 2.28. The summed E-state index contributed by atoms with van der Waals surface area (Å²) in [5.74, 6) is 0.546. The fourth-order valence-electron chi connectivity index (χ4n) is 3.27. The van der Waals surface area contributed by atoms with Gasteiger partial charge in [0.1, 0.15) is 0 Å². The van der Waals surface area contributed by atoms with Crippen LogP contribution in [0.5, 0.6) is 0 Å². The molecule has 1 aromatic heterocycles. The molecule has 0 saturated carbocycles. The molecule has 3 aromatic rings. The summed E-state index contributed by atoms with van der Waals surface area (Å²) in [5.41, 5.74) is 2.37. The lowest BCUT2D eigenvalue weighted by atomic mass is 9.99. The largest absolute Gasteiger partial charge is 0.348 e. The molecule has 5 heteroatoms. The molecule has 1 atom stereocenters. The minimum Gasteiger partial charge on any atom is -0.348 e. The van der Waals surface area contributed by atoms with Gasteiger partial charge in [0.15, 0.2) is 5.11 Å². The zero-order chi connectivity index (χ0) is 16.4. The Bertz CT molecular complexity index is 860. The van der Waals surface area contributed by atoms with Crippen LogP contribution in [0.2, 0.25) is 0 Å². The molecular formula is C19H18N4S. The van der Waals surface area contributed by atoms with E-state index >= 15 is 0 Å². The van der Waals surface area contributed by atoms with Crippen LogP contribution in [0, 0.1) is 0 Å². The molecule has 24 heavy (non-hydrogen) atoms. The predicted octanol–water partition coefficient (Wildman–Crippen LogP) is 3.82. The van der Waals surface area contributed by atoms with Crippen LogP contribution in [0.3, 0.4) is 0 Å². The number of aromatic nitrogens is 2. The molecule has 1 aliphatic rings. The minimum absolute atomic E-state index is 0.546. The number of rotatable bonds is 2. The Morgan fingerprint density at radius 1 is 1.04 bits per heavy atom. The van der Waals surface area contributed by atoms with Crippen LogP contribution < -0.4 is 5.32 Å². The SMILES string of the molecule is S=C(Nc1cccc2cnncc12)N1CCC(c2ccccc2)C1. The maximum atomic E-state index is 5.64. The van der Waals surface area contributed by atoms with Gasteiger partial charge in [-0.25, -0.2) is 0 Å². The Hall–Kier alpha value is -2.53. The monoisotopic (exact) mass is 334 g/mol. The molecule has 0 aliphatic carbocycles. The number of fused-ring (bicyclic) bond motifs is 1. The molecule has 0 amide bonds. The van der Waals surface area contributed by atoms with Gasteiger partial charge in [0.2, 0.25) is 0 Å². The van der Waals surface area contributed by atoms with Crippen molar-refractivity contribution >= 4 is 33.8 Å². The highest BCUT2D eigenvalue weighted by atomic mass is 32.1. The molecule has 1 saturated heterocycles. The van der Waals surface area contributed by atoms with Crippen LogP contribution in [0.4, 0.5) is 5.69 Å². The number of thiocarbonyl (C=S) groups is 1. The number of anilines is 1. The average molecular weight is 334 g/mol. The van der Waals surface area contributed by atoms with Crippen molar-refractivity contribution in [3.05, 3.63) is 66.5 Å². The van der Waals surface area contributed by atoms with Crippen molar-refractivity contribution in [3.8, 4) is 0 Å². The predicted molar refractivity (Wildman–Crippen MR) is 101 cm³/mol. The summed E-state index contributed by atoms with van der Waals surface area (Å²) in [7, 11) is 0. The van der Waals surface area contributed by atoms with Crippen molar-refractivity contribution < 1.29 is 0 Å². The molecule has 1 unspecified atom stereocenters. The van der Waals surface area contributed by atoms with Crippen LogP contribution in [0.25, 0.3) is 10.8 Å². The Balaban J connectivity index is 1.49. The molecule has 0 radical (unpaired) electrons. The van der Waals surface area contributed by atoms with Crippen molar-refractivity contribution in [1.29, 1.82) is 0 Å². The highest BCUT2D eigenvalue weighted by Gasteiger charge is 2.25. The fraction of sp³-hybridized carbons (Fsp3) is 0.211. The van der Waals surface area contributed by atoms with Gasteiger partial charge in [-0.05, 0) is 30.3 Å². The zero-order valence-corrected chi connectivity index (χ0v) is 14.0. The molecule has 1 N–H and O–H groups in total. The Labute approximate surface area is 146 Å². The molecule has 2 aromatic carbocycles. The van der Waals surface area contributed by atoms with Crippen molar-refractivity contribution in [1.82, 2.24) is 15.1 Å². The maximum Gasteiger partial charge on any atom is 0.173 e. The van der Waals surface area contributed by atoms with Crippen LogP contribution in [0.1, 0.15) is 17.9 Å². The van der Waals surface area contributed by atoms with E-state index in [-0.39, 0.29) is 0 Å². The maximum absolute atomic E-state index is 5.64. The van der Waals surface area contributed by atoms with E-state index in [0.29, 0.717) is 5.92 Å². The van der Waals surface area contributed by atoms with E-state index in [9.17, 15) is 0 Å². The van der Waals surface area contributed by atoms with E-state index in [0.717, 1.165) is 41.1 Å². The van der Waals surface area contributed by atoms with Crippen LogP contribution in [0.15, 0.2) is 60.9 Å². The van der Waals surface area contributed by atoms with Crippen LogP contribution in [-0.2, 0) is 0 Å². The van der Waals surface area contributed by atoms with Crippen molar-refractivity contribution in [3.63, 3.8) is 0 Å². The highest BCUT2D eigenvalue weighted by molar-refractivity contribution is 7.80. The molecule has 1 aliphatic heterocycles. The van der Waals surface area contributed by atoms with Gasteiger partial charge in [0, 0.05) is 35.5 Å². The van der Waals surface area contributed by atoms with Gasteiger partial charge < -0.3 is 10.2 Å². The summed E-state index contributed by atoms with van der Waals surface area (Å²) >= 11 is 5.64. The van der Waals surface area contributed by atoms with Gasteiger partial charge in [0.05, 0.1) is 12.4 Å². The standard InChI is InChI=1S/C19H18N4S/c24-19(22-18-8-4-7-15-11-20-21-12-17(15)18)23-10-9-16(13-23)14-5-2-1-3-6-14/h1-8,11-12,16H,9-10,13H2,(H,22,24). The summed E-state index contributed by atoms with van der Waals surface area (Å²) < 4.78 is 0. The summed E-state index contributed by atoms with van der Waals surface area (Å²) in [4.78, 5) is 2.25. The lowest BCUT2D eigenvalue weighted by Crippen LogP contribution is -2.32. The lowest BCUT2D eigenvalue weighted by molar-refractivity contribution is 0.519. The molecule has 1 fully saturated rings. The van der Waals surface area contributed by atoms with E-state index in [1.165, 1.54) is 5.56 Å². The molecule has 0 spiro atoms. The fourth-order valence-corrected chi connectivity index (χ4v) is 3.55. The van der Waals surface area contributed by atoms with E-state index in [4.69, 9.17) is 12.2 Å². The summed E-state index contributed by atoms with van der Waals surface area (Å²) in [5, 5.41) is 14.2. The second-order valence-corrected chi connectivity index (χ2v) is 6.46. The van der Waals surface area contributed by atoms with E-state index < -0.39 is 0 Å². The van der Waals surface area contributed by atoms with Gasteiger partial charge in [-0.2, -0.15) is 10.2 Å². The third kappa shape index (κ3) is 2.95. The third-order valence-electron chi connectivity index (χ3n) is 4.58. The molecule has 0 bridgehead atoms. The van der Waals surface area contributed by atoms with Gasteiger partial charge in [-0.1, -0.05) is 42.5 Å². The quantitative estimate of drug-likeness (QED) is 0.722. The van der Waals surface area contributed by atoms with Crippen LogP contribution >= 0.6 is 12.2 Å². The number of benzene rings is 2. The number of nitrogens with zero attached hydrogens (tertiary/aromatic N) is 3. The average Bonchev–Trinajstić information content (AvgIpc) is 3.13. The smallest absolute Gasteiger partial charge is 0.173 e. The number of nitrogens with one attached hydrogen (secondary N) is 1. The lowest BCUT2D eigenvalue weighted by Gasteiger charge is -2.21. The number of hydrogen-bond donors (Lipinski definition) is 1. The molecule has 2 heterocycles. The van der Waals surface area contributed by atoms with Crippen molar-refractivity contribution in [2.24, 2.45) is 0 Å². The van der Waals surface area contributed by atoms with Gasteiger partial charge in [0.25, 0.3) is 0 Å².